The Bertz CT molecular complexity index is 930. The van der Waals surface area contributed by atoms with Crippen LogP contribution in [0.5, 0.6) is 0 Å². The predicted octanol–water partition coefficient (Wildman–Crippen LogP) is 2.33. The van der Waals surface area contributed by atoms with Crippen molar-refractivity contribution in [3.05, 3.63) is 34.0 Å². The van der Waals surface area contributed by atoms with Gasteiger partial charge in [0.2, 0.25) is 11.9 Å². The van der Waals surface area contributed by atoms with E-state index < -0.39 is 0 Å². The number of nitrogen functional groups attached to an aromatic ring is 1. The van der Waals surface area contributed by atoms with Crippen LogP contribution in [0.25, 0.3) is 0 Å². The number of carbonyl (C=O) groups excluding carboxylic acids is 1. The molecule has 172 valence electrons. The Morgan fingerprint density at radius 3 is 2.41 bits per heavy atom. The third kappa shape index (κ3) is 5.42. The number of hydrogen-bond acceptors (Lipinski definition) is 9. The first-order valence-electron chi connectivity index (χ1n) is 11.1. The quantitative estimate of drug-likeness (QED) is 0.524. The molecule has 9 nitrogen and oxygen atoms in total. The van der Waals surface area contributed by atoms with E-state index in [4.69, 9.17) is 10.6 Å². The third-order valence-corrected chi connectivity index (χ3v) is 7.11. The molecule has 0 atom stereocenters. The van der Waals surface area contributed by atoms with Crippen LogP contribution >= 0.6 is 11.3 Å². The Kier molecular flexibility index (Phi) is 7.31. The zero-order valence-electron chi connectivity index (χ0n) is 18.7. The second-order valence-electron chi connectivity index (χ2n) is 8.51. The van der Waals surface area contributed by atoms with Crippen molar-refractivity contribution in [3.8, 4) is 0 Å². The van der Waals surface area contributed by atoms with E-state index in [1.807, 2.05) is 17.2 Å². The molecule has 2 aromatic rings. The van der Waals surface area contributed by atoms with E-state index in [0.717, 1.165) is 80.4 Å². The molecular weight excluding hydrogens is 426 g/mol. The van der Waals surface area contributed by atoms with Crippen molar-refractivity contribution in [2.45, 2.75) is 39.2 Å². The van der Waals surface area contributed by atoms with Gasteiger partial charge in [0, 0.05) is 54.8 Å². The predicted molar refractivity (Wildman–Crippen MR) is 124 cm³/mol. The third-order valence-electron chi connectivity index (χ3n) is 6.33. The van der Waals surface area contributed by atoms with E-state index in [2.05, 4.69) is 25.0 Å². The molecule has 0 radical (unpaired) electrons. The summed E-state index contributed by atoms with van der Waals surface area (Å²) in [7, 11) is 1.57. The SMILES string of the molecule is CON=C(c1csc(C)n1)C1CCN(C(=O)C2CCN(Cc3cnc(N)nc3)CC2)CC1. The minimum atomic E-state index is 0.110. The fraction of sp³-hybridized carbons (Fsp3) is 0.591. The van der Waals surface area contributed by atoms with Crippen molar-refractivity contribution in [2.75, 3.05) is 39.0 Å². The highest BCUT2D eigenvalue weighted by Gasteiger charge is 2.33. The smallest absolute Gasteiger partial charge is 0.225 e. The van der Waals surface area contributed by atoms with Crippen LogP contribution < -0.4 is 5.73 Å². The largest absolute Gasteiger partial charge is 0.399 e. The molecule has 2 N–H and O–H groups in total. The molecule has 0 unspecified atom stereocenters. The molecule has 2 aromatic heterocycles. The van der Waals surface area contributed by atoms with Crippen LogP contribution in [-0.4, -0.2) is 69.7 Å². The molecule has 0 aliphatic carbocycles. The fourth-order valence-corrected chi connectivity index (χ4v) is 5.19. The molecular formula is C22H31N7O2S. The Morgan fingerprint density at radius 1 is 1.16 bits per heavy atom. The number of nitrogens with two attached hydrogens (primary N) is 1. The second kappa shape index (κ2) is 10.4. The van der Waals surface area contributed by atoms with Crippen molar-refractivity contribution in [1.29, 1.82) is 0 Å². The number of hydrogen-bond donors (Lipinski definition) is 1. The number of carbonyl (C=O) groups is 1. The molecule has 0 saturated carbocycles. The summed E-state index contributed by atoms with van der Waals surface area (Å²) in [4.78, 5) is 35.3. The van der Waals surface area contributed by atoms with E-state index in [-0.39, 0.29) is 11.8 Å². The van der Waals surface area contributed by atoms with Gasteiger partial charge in [-0.3, -0.25) is 9.69 Å². The monoisotopic (exact) mass is 457 g/mol. The Morgan fingerprint density at radius 2 is 1.81 bits per heavy atom. The van der Waals surface area contributed by atoms with Gasteiger partial charge in [-0.25, -0.2) is 15.0 Å². The number of oxime groups is 1. The molecule has 4 heterocycles. The first-order chi connectivity index (χ1) is 15.5. The van der Waals surface area contributed by atoms with Crippen LogP contribution in [0.4, 0.5) is 5.95 Å². The van der Waals surface area contributed by atoms with Crippen molar-refractivity contribution in [2.24, 2.45) is 17.0 Å². The Labute approximate surface area is 192 Å². The summed E-state index contributed by atoms with van der Waals surface area (Å²) < 4.78 is 0. The normalized spacial score (nSPS) is 19.3. The molecule has 2 aliphatic heterocycles. The number of likely N-dealkylation sites (tertiary alicyclic amines) is 2. The number of rotatable bonds is 6. The minimum Gasteiger partial charge on any atom is -0.399 e. The summed E-state index contributed by atoms with van der Waals surface area (Å²) >= 11 is 1.62. The zero-order chi connectivity index (χ0) is 22.5. The summed E-state index contributed by atoms with van der Waals surface area (Å²) in [5.74, 6) is 0.973. The molecule has 32 heavy (non-hydrogen) atoms. The summed E-state index contributed by atoms with van der Waals surface area (Å²) in [6.07, 6.45) is 7.11. The number of anilines is 1. The lowest BCUT2D eigenvalue weighted by molar-refractivity contribution is -0.138. The molecule has 0 spiro atoms. The van der Waals surface area contributed by atoms with Crippen molar-refractivity contribution < 1.29 is 9.63 Å². The highest BCUT2D eigenvalue weighted by Crippen LogP contribution is 2.27. The van der Waals surface area contributed by atoms with Gasteiger partial charge >= 0.3 is 0 Å². The van der Waals surface area contributed by atoms with E-state index in [1.54, 1.807) is 30.8 Å². The van der Waals surface area contributed by atoms with Crippen molar-refractivity contribution >= 4 is 28.9 Å². The van der Waals surface area contributed by atoms with Crippen LogP contribution in [0.2, 0.25) is 0 Å². The minimum absolute atomic E-state index is 0.110. The summed E-state index contributed by atoms with van der Waals surface area (Å²) in [5.41, 5.74) is 8.42. The lowest BCUT2D eigenvalue weighted by Gasteiger charge is -2.37. The van der Waals surface area contributed by atoms with Crippen molar-refractivity contribution in [1.82, 2.24) is 24.8 Å². The maximum atomic E-state index is 13.1. The molecule has 1 amide bonds. The van der Waals surface area contributed by atoms with Crippen LogP contribution in [0.15, 0.2) is 22.9 Å². The van der Waals surface area contributed by atoms with Gasteiger partial charge in [0.25, 0.3) is 0 Å². The standard InChI is InChI=1S/C22H31N7O2S/c1-15-26-19(14-32-15)20(27-31-2)17-5-9-29(10-6-17)21(30)18-3-7-28(8-4-18)13-16-11-24-22(23)25-12-16/h11-12,14,17-18H,3-10,13H2,1-2H3,(H2,23,24,25). The number of nitrogens with zero attached hydrogens (tertiary/aromatic N) is 6. The number of aryl methyl sites for hydroxylation is 1. The first kappa shape index (κ1) is 22.6. The van der Waals surface area contributed by atoms with E-state index in [1.165, 1.54) is 0 Å². The molecule has 2 fully saturated rings. The summed E-state index contributed by atoms with van der Waals surface area (Å²) in [6.45, 7) is 6.13. The van der Waals surface area contributed by atoms with E-state index >= 15 is 0 Å². The van der Waals surface area contributed by atoms with Gasteiger partial charge < -0.3 is 15.5 Å². The topological polar surface area (TPSA) is 110 Å². The fourth-order valence-electron chi connectivity index (χ4n) is 4.58. The van der Waals surface area contributed by atoms with Gasteiger partial charge in [0.15, 0.2) is 0 Å². The van der Waals surface area contributed by atoms with Gasteiger partial charge in [-0.2, -0.15) is 0 Å². The maximum Gasteiger partial charge on any atom is 0.225 e. The number of piperidine rings is 2. The van der Waals surface area contributed by atoms with Gasteiger partial charge in [-0.15, -0.1) is 11.3 Å². The van der Waals surface area contributed by atoms with Crippen LogP contribution in [0.3, 0.4) is 0 Å². The lowest BCUT2D eigenvalue weighted by Crippen LogP contribution is -2.46. The van der Waals surface area contributed by atoms with E-state index in [9.17, 15) is 4.79 Å². The molecule has 2 saturated heterocycles. The number of thiazole rings is 1. The Balaban J connectivity index is 1.26. The molecule has 0 aromatic carbocycles. The van der Waals surface area contributed by atoms with E-state index in [0.29, 0.717) is 11.9 Å². The highest BCUT2D eigenvalue weighted by molar-refractivity contribution is 7.09. The second-order valence-corrected chi connectivity index (χ2v) is 9.57. The first-order valence-corrected chi connectivity index (χ1v) is 12.0. The molecule has 0 bridgehead atoms. The van der Waals surface area contributed by atoms with Gasteiger partial charge in [-0.05, 0) is 45.7 Å². The average Bonchev–Trinajstić information content (AvgIpc) is 3.25. The number of aromatic nitrogens is 3. The van der Waals surface area contributed by atoms with Gasteiger partial charge in [0.05, 0.1) is 10.7 Å². The summed E-state index contributed by atoms with van der Waals surface area (Å²) in [5, 5.41) is 7.33. The Hall–Kier alpha value is -2.59. The molecule has 4 rings (SSSR count). The molecule has 2 aliphatic rings. The number of amides is 1. The van der Waals surface area contributed by atoms with Gasteiger partial charge in [-0.1, -0.05) is 5.16 Å². The van der Waals surface area contributed by atoms with Crippen LogP contribution in [-0.2, 0) is 16.2 Å². The zero-order valence-corrected chi connectivity index (χ0v) is 19.6. The lowest BCUT2D eigenvalue weighted by atomic mass is 9.88. The average molecular weight is 458 g/mol. The van der Waals surface area contributed by atoms with Crippen LogP contribution in [0, 0.1) is 18.8 Å². The maximum absolute atomic E-state index is 13.1. The molecule has 10 heteroatoms. The van der Waals surface area contributed by atoms with Gasteiger partial charge in [0.1, 0.15) is 12.8 Å². The highest BCUT2D eigenvalue weighted by atomic mass is 32.1. The summed E-state index contributed by atoms with van der Waals surface area (Å²) in [6, 6.07) is 0. The van der Waals surface area contributed by atoms with Crippen molar-refractivity contribution in [3.63, 3.8) is 0 Å². The van der Waals surface area contributed by atoms with Crippen LogP contribution in [0.1, 0.15) is 41.9 Å².